The molecule has 82 valence electrons. The van der Waals surface area contributed by atoms with E-state index >= 15 is 0 Å². The van der Waals surface area contributed by atoms with Crippen LogP contribution in [0.4, 0.5) is 18.9 Å². The van der Waals surface area contributed by atoms with Gasteiger partial charge < -0.3 is 0 Å². The summed E-state index contributed by atoms with van der Waals surface area (Å²) in [5.74, 6) is 0. The second-order valence-corrected chi connectivity index (χ2v) is 3.06. The first-order chi connectivity index (χ1) is 6.79. The molecule has 0 aliphatic rings. The van der Waals surface area contributed by atoms with Gasteiger partial charge in [-0.25, -0.2) is 4.98 Å². The number of halogens is 4. The van der Waals surface area contributed by atoms with Crippen LogP contribution in [0.15, 0.2) is 12.3 Å². The zero-order chi connectivity index (χ0) is 11.6. The van der Waals surface area contributed by atoms with Crippen LogP contribution in [0.5, 0.6) is 0 Å². The van der Waals surface area contributed by atoms with E-state index in [1.54, 1.807) is 0 Å². The Balaban J connectivity index is 3.03. The fourth-order valence-electron chi connectivity index (χ4n) is 0.934. The number of nitro groups is 1. The van der Waals surface area contributed by atoms with Crippen LogP contribution < -0.4 is 0 Å². The lowest BCUT2D eigenvalue weighted by atomic mass is 10.2. The van der Waals surface area contributed by atoms with E-state index in [1.165, 1.54) is 0 Å². The van der Waals surface area contributed by atoms with E-state index < -0.39 is 28.4 Å². The van der Waals surface area contributed by atoms with E-state index in [0.717, 1.165) is 12.3 Å². The molecule has 15 heavy (non-hydrogen) atoms. The van der Waals surface area contributed by atoms with Crippen LogP contribution in [0.3, 0.4) is 0 Å². The van der Waals surface area contributed by atoms with Crippen LogP contribution in [0.2, 0.25) is 5.15 Å². The van der Waals surface area contributed by atoms with Gasteiger partial charge in [-0.05, 0) is 5.56 Å². The second kappa shape index (κ2) is 4.01. The molecule has 0 amide bonds. The van der Waals surface area contributed by atoms with Crippen molar-refractivity contribution in [2.24, 2.45) is 0 Å². The molecule has 1 heterocycles. The third kappa shape index (κ3) is 3.35. The summed E-state index contributed by atoms with van der Waals surface area (Å²) in [7, 11) is 0. The molecule has 1 aromatic heterocycles. The Labute approximate surface area is 86.8 Å². The second-order valence-electron chi connectivity index (χ2n) is 2.70. The molecule has 0 aliphatic heterocycles. The van der Waals surface area contributed by atoms with Gasteiger partial charge in [-0.1, -0.05) is 11.6 Å². The third-order valence-corrected chi connectivity index (χ3v) is 1.77. The zero-order valence-electron chi connectivity index (χ0n) is 7.08. The summed E-state index contributed by atoms with van der Waals surface area (Å²) >= 11 is 5.33. The summed E-state index contributed by atoms with van der Waals surface area (Å²) in [5, 5.41) is 9.91. The minimum absolute atomic E-state index is 0.293. The highest BCUT2D eigenvalue weighted by Crippen LogP contribution is 2.26. The van der Waals surface area contributed by atoms with E-state index in [0.29, 0.717) is 0 Å². The van der Waals surface area contributed by atoms with Gasteiger partial charge in [-0.15, -0.1) is 0 Å². The summed E-state index contributed by atoms with van der Waals surface area (Å²) < 4.78 is 35.8. The molecule has 0 fully saturated rings. The lowest BCUT2D eigenvalue weighted by Crippen LogP contribution is -2.12. The number of rotatable bonds is 2. The largest absolute Gasteiger partial charge is 0.393 e. The van der Waals surface area contributed by atoms with Crippen molar-refractivity contribution in [2.75, 3.05) is 0 Å². The summed E-state index contributed by atoms with van der Waals surface area (Å²) in [6.45, 7) is 0. The highest BCUT2D eigenvalue weighted by molar-refractivity contribution is 6.31. The maximum Gasteiger partial charge on any atom is 0.393 e. The van der Waals surface area contributed by atoms with Crippen LogP contribution in [0.1, 0.15) is 5.56 Å². The molecule has 0 bridgehead atoms. The van der Waals surface area contributed by atoms with Gasteiger partial charge in [0.15, 0.2) is 0 Å². The van der Waals surface area contributed by atoms with Gasteiger partial charge in [0.1, 0.15) is 0 Å². The Morgan fingerprint density at radius 2 is 2.13 bits per heavy atom. The van der Waals surface area contributed by atoms with Crippen LogP contribution in [0, 0.1) is 10.1 Å². The first-order valence-electron chi connectivity index (χ1n) is 3.65. The predicted molar refractivity (Wildman–Crippen MR) is 45.7 cm³/mol. The minimum atomic E-state index is -4.43. The van der Waals surface area contributed by atoms with Gasteiger partial charge in [0.25, 0.3) is 0 Å². The van der Waals surface area contributed by atoms with Crippen molar-refractivity contribution in [1.29, 1.82) is 0 Å². The molecule has 0 unspecified atom stereocenters. The molecule has 0 aliphatic carbocycles. The fraction of sp³-hybridized carbons (Fsp3) is 0.286. The summed E-state index contributed by atoms with van der Waals surface area (Å²) in [5.41, 5.74) is -0.919. The Hall–Kier alpha value is -1.37. The van der Waals surface area contributed by atoms with Crippen LogP contribution in [-0.4, -0.2) is 16.1 Å². The summed E-state index contributed by atoms with van der Waals surface area (Å²) in [6.07, 6.45) is -4.83. The zero-order valence-corrected chi connectivity index (χ0v) is 7.84. The molecule has 0 radical (unpaired) electrons. The monoisotopic (exact) mass is 240 g/mol. The first-order valence-corrected chi connectivity index (χ1v) is 4.03. The van der Waals surface area contributed by atoms with E-state index in [4.69, 9.17) is 11.6 Å². The van der Waals surface area contributed by atoms with Gasteiger partial charge in [0.2, 0.25) is 5.15 Å². The lowest BCUT2D eigenvalue weighted by molar-refractivity contribution is -0.385. The highest BCUT2D eigenvalue weighted by Gasteiger charge is 2.29. The fourth-order valence-corrected chi connectivity index (χ4v) is 1.11. The molecule has 0 N–H and O–H groups in total. The molecule has 0 spiro atoms. The topological polar surface area (TPSA) is 56.0 Å². The van der Waals surface area contributed by atoms with Crippen LogP contribution >= 0.6 is 11.6 Å². The molecule has 8 heteroatoms. The van der Waals surface area contributed by atoms with Gasteiger partial charge in [-0.3, -0.25) is 10.1 Å². The number of pyridine rings is 1. The highest BCUT2D eigenvalue weighted by atomic mass is 35.5. The first kappa shape index (κ1) is 11.7. The van der Waals surface area contributed by atoms with Crippen LogP contribution in [0.25, 0.3) is 0 Å². The molecule has 0 saturated carbocycles. The SMILES string of the molecule is O=[N+]([O-])c1cc(CC(F)(F)F)cnc1Cl. The average molecular weight is 241 g/mol. The Kier molecular flexibility index (Phi) is 3.13. The van der Waals surface area contributed by atoms with Gasteiger partial charge in [-0.2, -0.15) is 13.2 Å². The van der Waals surface area contributed by atoms with E-state index in [-0.39, 0.29) is 5.56 Å². The van der Waals surface area contributed by atoms with Gasteiger partial charge in [0, 0.05) is 12.3 Å². The maximum atomic E-state index is 11.9. The smallest absolute Gasteiger partial charge is 0.258 e. The maximum absolute atomic E-state index is 11.9. The number of aromatic nitrogens is 1. The molecule has 1 aromatic rings. The minimum Gasteiger partial charge on any atom is -0.258 e. The quantitative estimate of drug-likeness (QED) is 0.454. The summed E-state index contributed by atoms with van der Waals surface area (Å²) in [4.78, 5) is 12.8. The van der Waals surface area contributed by atoms with Crippen molar-refractivity contribution in [2.45, 2.75) is 12.6 Å². The molecule has 0 atom stereocenters. The van der Waals surface area contributed by atoms with Crippen molar-refractivity contribution >= 4 is 17.3 Å². The van der Waals surface area contributed by atoms with E-state index in [2.05, 4.69) is 4.98 Å². The molecule has 1 rings (SSSR count). The Morgan fingerprint density at radius 3 is 2.60 bits per heavy atom. The number of nitrogens with zero attached hydrogens (tertiary/aromatic N) is 2. The Bertz CT molecular complexity index is 394. The van der Waals surface area contributed by atoms with E-state index in [9.17, 15) is 23.3 Å². The predicted octanol–water partition coefficient (Wildman–Crippen LogP) is 2.75. The summed E-state index contributed by atoms with van der Waals surface area (Å²) in [6, 6.07) is 0.767. The number of hydrogen-bond donors (Lipinski definition) is 0. The van der Waals surface area contributed by atoms with Gasteiger partial charge in [0.05, 0.1) is 11.3 Å². The van der Waals surface area contributed by atoms with Crippen molar-refractivity contribution in [3.05, 3.63) is 33.1 Å². The molecule has 0 saturated heterocycles. The third-order valence-electron chi connectivity index (χ3n) is 1.48. The number of hydrogen-bond acceptors (Lipinski definition) is 3. The average Bonchev–Trinajstić information content (AvgIpc) is 2.05. The standard InChI is InChI=1S/C7H4ClF3N2O2/c8-6-5(13(14)15)1-4(3-12-6)2-7(9,10)11/h1,3H,2H2. The van der Waals surface area contributed by atoms with Crippen LogP contribution in [-0.2, 0) is 6.42 Å². The van der Waals surface area contributed by atoms with Crippen molar-refractivity contribution in [3.63, 3.8) is 0 Å². The van der Waals surface area contributed by atoms with Crippen molar-refractivity contribution < 1.29 is 18.1 Å². The van der Waals surface area contributed by atoms with E-state index in [1.807, 2.05) is 0 Å². The number of alkyl halides is 3. The Morgan fingerprint density at radius 1 is 1.53 bits per heavy atom. The van der Waals surface area contributed by atoms with Gasteiger partial charge >= 0.3 is 11.9 Å². The molecule has 0 aromatic carbocycles. The van der Waals surface area contributed by atoms with Crippen molar-refractivity contribution in [3.8, 4) is 0 Å². The van der Waals surface area contributed by atoms with Crippen molar-refractivity contribution in [1.82, 2.24) is 4.98 Å². The lowest BCUT2D eigenvalue weighted by Gasteiger charge is -2.05. The molecule has 4 nitrogen and oxygen atoms in total. The molecular formula is C7H4ClF3N2O2. The normalized spacial score (nSPS) is 11.5. The molecular weight excluding hydrogens is 237 g/mol.